The van der Waals surface area contributed by atoms with Gasteiger partial charge in [-0.1, -0.05) is 36.0 Å². The van der Waals surface area contributed by atoms with Crippen LogP contribution in [0.25, 0.3) is 16.6 Å². The lowest BCUT2D eigenvalue weighted by molar-refractivity contribution is -0.137. The molecular weight excluding hydrogens is 389 g/mol. The maximum Gasteiger partial charge on any atom is 0.416 e. The maximum absolute atomic E-state index is 12.8. The number of pyridine rings is 1. The predicted octanol–water partition coefficient (Wildman–Crippen LogP) is 4.63. The van der Waals surface area contributed by atoms with Gasteiger partial charge < -0.3 is 5.32 Å². The largest absolute Gasteiger partial charge is 0.416 e. The second kappa shape index (κ2) is 7.16. The first-order valence-corrected chi connectivity index (χ1v) is 9.23. The van der Waals surface area contributed by atoms with Gasteiger partial charge >= 0.3 is 6.18 Å². The Morgan fingerprint density at radius 2 is 1.86 bits per heavy atom. The summed E-state index contributed by atoms with van der Waals surface area (Å²) in [6.45, 7) is 0. The van der Waals surface area contributed by atoms with E-state index in [0.717, 1.165) is 34.8 Å². The molecule has 9 heteroatoms. The minimum atomic E-state index is -4.46. The van der Waals surface area contributed by atoms with Crippen LogP contribution in [0.2, 0.25) is 0 Å². The number of benzene rings is 2. The quantitative estimate of drug-likeness (QED) is 0.506. The number of carbonyl (C=O) groups excluding carboxylic acids is 1. The van der Waals surface area contributed by atoms with Crippen molar-refractivity contribution in [3.8, 4) is 0 Å². The third kappa shape index (κ3) is 3.65. The van der Waals surface area contributed by atoms with E-state index in [9.17, 15) is 18.0 Å². The maximum atomic E-state index is 12.8. The first kappa shape index (κ1) is 18.3. The lowest BCUT2D eigenvalue weighted by Gasteiger charge is -2.09. The SMILES string of the molecule is O=C(CSc1nnc2ccc3ccccc3n12)Nc1cccc(C(F)(F)F)c1. The lowest BCUT2D eigenvalue weighted by Crippen LogP contribution is -2.15. The number of anilines is 1. The number of hydrogen-bond donors (Lipinski definition) is 1. The van der Waals surface area contributed by atoms with E-state index < -0.39 is 17.6 Å². The number of halogens is 3. The van der Waals surface area contributed by atoms with Crippen molar-refractivity contribution in [1.29, 1.82) is 0 Å². The van der Waals surface area contributed by atoms with Gasteiger partial charge in [0.1, 0.15) is 0 Å². The van der Waals surface area contributed by atoms with Gasteiger partial charge in [0.15, 0.2) is 10.8 Å². The Labute approximate surface area is 161 Å². The average molecular weight is 402 g/mol. The number of para-hydroxylation sites is 1. The van der Waals surface area contributed by atoms with Gasteiger partial charge in [-0.3, -0.25) is 9.20 Å². The number of aromatic nitrogens is 3. The summed E-state index contributed by atoms with van der Waals surface area (Å²) < 4.78 is 40.2. The first-order valence-electron chi connectivity index (χ1n) is 8.24. The third-order valence-electron chi connectivity index (χ3n) is 4.05. The second-order valence-electron chi connectivity index (χ2n) is 5.98. The molecule has 0 unspecified atom stereocenters. The summed E-state index contributed by atoms with van der Waals surface area (Å²) >= 11 is 1.16. The van der Waals surface area contributed by atoms with Gasteiger partial charge in [0.05, 0.1) is 16.8 Å². The summed E-state index contributed by atoms with van der Waals surface area (Å²) in [7, 11) is 0. The number of fused-ring (bicyclic) bond motifs is 3. The highest BCUT2D eigenvalue weighted by atomic mass is 32.2. The van der Waals surface area contributed by atoms with Crippen molar-refractivity contribution >= 4 is 39.9 Å². The molecule has 0 fully saturated rings. The van der Waals surface area contributed by atoms with Crippen LogP contribution in [-0.4, -0.2) is 26.3 Å². The molecule has 0 radical (unpaired) electrons. The summed E-state index contributed by atoms with van der Waals surface area (Å²) in [5.41, 5.74) is 0.843. The number of carbonyl (C=O) groups is 1. The minimum absolute atomic E-state index is 0.0136. The van der Waals surface area contributed by atoms with E-state index in [4.69, 9.17) is 0 Å². The standard InChI is InChI=1S/C19H13F3N4OS/c20-19(21,22)13-5-3-6-14(10-13)23-17(27)11-28-18-25-24-16-9-8-12-4-1-2-7-15(12)26(16)18/h1-10H,11H2,(H,23,27). The van der Waals surface area contributed by atoms with Gasteiger partial charge in [-0.2, -0.15) is 13.2 Å². The molecule has 0 spiro atoms. The molecule has 0 saturated carbocycles. The van der Waals surface area contributed by atoms with Crippen molar-refractivity contribution in [3.05, 3.63) is 66.2 Å². The van der Waals surface area contributed by atoms with E-state index in [0.29, 0.717) is 10.8 Å². The number of rotatable bonds is 4. The van der Waals surface area contributed by atoms with Gasteiger partial charge in [-0.05, 0) is 41.8 Å². The fraction of sp³-hybridized carbons (Fsp3) is 0.105. The van der Waals surface area contributed by atoms with Crippen LogP contribution in [0.4, 0.5) is 18.9 Å². The van der Waals surface area contributed by atoms with Crippen molar-refractivity contribution in [3.63, 3.8) is 0 Å². The molecule has 4 aromatic rings. The number of alkyl halides is 3. The number of nitrogens with zero attached hydrogens (tertiary/aromatic N) is 3. The van der Waals surface area contributed by atoms with Crippen LogP contribution in [0.15, 0.2) is 65.8 Å². The van der Waals surface area contributed by atoms with Crippen LogP contribution in [0.3, 0.4) is 0 Å². The van der Waals surface area contributed by atoms with Crippen LogP contribution in [-0.2, 0) is 11.0 Å². The summed E-state index contributed by atoms with van der Waals surface area (Å²) in [6.07, 6.45) is -4.46. The number of hydrogen-bond acceptors (Lipinski definition) is 4. The molecule has 4 rings (SSSR count). The number of thioether (sulfide) groups is 1. The zero-order valence-electron chi connectivity index (χ0n) is 14.3. The molecule has 0 aliphatic rings. The van der Waals surface area contributed by atoms with Crippen LogP contribution >= 0.6 is 11.8 Å². The zero-order valence-corrected chi connectivity index (χ0v) is 15.1. The zero-order chi connectivity index (χ0) is 19.7. The van der Waals surface area contributed by atoms with Crippen LogP contribution in [0.1, 0.15) is 5.56 Å². The molecule has 1 N–H and O–H groups in total. The Bertz CT molecular complexity index is 1170. The fourth-order valence-electron chi connectivity index (χ4n) is 2.81. The summed E-state index contributed by atoms with van der Waals surface area (Å²) in [5, 5.41) is 12.2. The van der Waals surface area contributed by atoms with E-state index in [1.54, 1.807) is 0 Å². The molecule has 2 aromatic heterocycles. The molecule has 0 atom stereocenters. The van der Waals surface area contributed by atoms with E-state index in [2.05, 4.69) is 15.5 Å². The summed E-state index contributed by atoms with van der Waals surface area (Å²) in [4.78, 5) is 12.2. The van der Waals surface area contributed by atoms with Crippen molar-refractivity contribution < 1.29 is 18.0 Å². The van der Waals surface area contributed by atoms with E-state index >= 15 is 0 Å². The molecule has 0 bridgehead atoms. The van der Waals surface area contributed by atoms with Crippen LogP contribution in [0.5, 0.6) is 0 Å². The topological polar surface area (TPSA) is 59.3 Å². The molecule has 2 aromatic carbocycles. The average Bonchev–Trinajstić information content (AvgIpc) is 3.09. The molecular formula is C19H13F3N4OS. The van der Waals surface area contributed by atoms with Crippen molar-refractivity contribution in [2.24, 2.45) is 0 Å². The van der Waals surface area contributed by atoms with Gasteiger partial charge in [0, 0.05) is 5.69 Å². The Balaban J connectivity index is 1.51. The minimum Gasteiger partial charge on any atom is -0.325 e. The highest BCUT2D eigenvalue weighted by Crippen LogP contribution is 2.30. The van der Waals surface area contributed by atoms with Crippen LogP contribution < -0.4 is 5.32 Å². The van der Waals surface area contributed by atoms with Crippen molar-refractivity contribution in [1.82, 2.24) is 14.6 Å². The van der Waals surface area contributed by atoms with Gasteiger partial charge in [-0.15, -0.1) is 10.2 Å². The predicted molar refractivity (Wildman–Crippen MR) is 101 cm³/mol. The third-order valence-corrected chi connectivity index (χ3v) is 4.98. The van der Waals surface area contributed by atoms with Gasteiger partial charge in [0.25, 0.3) is 0 Å². The van der Waals surface area contributed by atoms with Crippen LogP contribution in [0, 0.1) is 0 Å². The smallest absolute Gasteiger partial charge is 0.325 e. The molecule has 142 valence electrons. The Kier molecular flexibility index (Phi) is 4.68. The molecule has 28 heavy (non-hydrogen) atoms. The Morgan fingerprint density at radius 1 is 1.04 bits per heavy atom. The molecule has 0 saturated heterocycles. The highest BCUT2D eigenvalue weighted by Gasteiger charge is 2.30. The molecule has 2 heterocycles. The van der Waals surface area contributed by atoms with Crippen molar-refractivity contribution in [2.75, 3.05) is 11.1 Å². The Morgan fingerprint density at radius 3 is 2.68 bits per heavy atom. The fourth-order valence-corrected chi connectivity index (χ4v) is 3.56. The second-order valence-corrected chi connectivity index (χ2v) is 6.93. The number of nitrogens with one attached hydrogen (secondary N) is 1. The summed E-state index contributed by atoms with van der Waals surface area (Å²) in [6, 6.07) is 16.0. The number of amides is 1. The highest BCUT2D eigenvalue weighted by molar-refractivity contribution is 7.99. The molecule has 5 nitrogen and oxygen atoms in total. The normalized spacial score (nSPS) is 11.8. The molecule has 1 amide bonds. The first-order chi connectivity index (χ1) is 13.4. The lowest BCUT2D eigenvalue weighted by atomic mass is 10.2. The van der Waals surface area contributed by atoms with Crippen molar-refractivity contribution in [2.45, 2.75) is 11.3 Å². The molecule has 0 aliphatic carbocycles. The van der Waals surface area contributed by atoms with E-state index in [1.165, 1.54) is 12.1 Å². The monoisotopic (exact) mass is 402 g/mol. The summed E-state index contributed by atoms with van der Waals surface area (Å²) in [5.74, 6) is -0.443. The molecule has 0 aliphatic heterocycles. The van der Waals surface area contributed by atoms with E-state index in [1.807, 2.05) is 40.8 Å². The Hall–Kier alpha value is -3.07. The van der Waals surface area contributed by atoms with E-state index in [-0.39, 0.29) is 11.4 Å². The van der Waals surface area contributed by atoms with Gasteiger partial charge in [0.2, 0.25) is 5.91 Å². The van der Waals surface area contributed by atoms with Gasteiger partial charge in [-0.25, -0.2) is 0 Å².